The molecule has 0 radical (unpaired) electrons. The highest BCUT2D eigenvalue weighted by molar-refractivity contribution is 7.92. The Bertz CT molecular complexity index is 1300. The fourth-order valence-electron chi connectivity index (χ4n) is 4.24. The Kier molecular flexibility index (Phi) is 7.53. The van der Waals surface area contributed by atoms with Gasteiger partial charge in [0.05, 0.1) is 23.4 Å². The molecule has 1 unspecified atom stereocenters. The number of thiazole rings is 1. The fourth-order valence-corrected chi connectivity index (χ4v) is 6.63. The first kappa shape index (κ1) is 25.3. The van der Waals surface area contributed by atoms with Crippen LogP contribution in [0.4, 0.5) is 10.8 Å². The first-order valence-corrected chi connectivity index (χ1v) is 13.8. The predicted molar refractivity (Wildman–Crippen MR) is 139 cm³/mol. The Morgan fingerprint density at radius 3 is 2.60 bits per heavy atom. The second-order valence-electron chi connectivity index (χ2n) is 8.79. The summed E-state index contributed by atoms with van der Waals surface area (Å²) in [6.45, 7) is 7.40. The van der Waals surface area contributed by atoms with Gasteiger partial charge in [0.1, 0.15) is 16.4 Å². The second kappa shape index (κ2) is 10.4. The lowest BCUT2D eigenvalue weighted by atomic mass is 9.93. The van der Waals surface area contributed by atoms with Gasteiger partial charge in [0.15, 0.2) is 5.13 Å². The highest BCUT2D eigenvalue weighted by Gasteiger charge is 2.24. The van der Waals surface area contributed by atoms with Gasteiger partial charge in [-0.2, -0.15) is 0 Å². The summed E-state index contributed by atoms with van der Waals surface area (Å²) in [6.07, 6.45) is 2.05. The van der Waals surface area contributed by atoms with E-state index < -0.39 is 10.0 Å². The van der Waals surface area contributed by atoms with E-state index in [1.165, 1.54) is 36.6 Å². The lowest BCUT2D eigenvalue weighted by molar-refractivity contribution is 0.0622. The molecule has 1 saturated heterocycles. The average Bonchev–Trinajstić information content (AvgIpc) is 3.20. The molecule has 1 aliphatic rings. The van der Waals surface area contributed by atoms with Crippen molar-refractivity contribution in [1.29, 1.82) is 0 Å². The zero-order valence-corrected chi connectivity index (χ0v) is 21.9. The SMILES string of the molecule is COc1ccc(-c2sc(NC(C)C3CCOCC3)nc2C)cc1S(=O)(=O)Nc1ccc(O)cc1C. The number of nitrogens with one attached hydrogen (secondary N) is 2. The van der Waals surface area contributed by atoms with Gasteiger partial charge in [-0.3, -0.25) is 4.72 Å². The van der Waals surface area contributed by atoms with Gasteiger partial charge >= 0.3 is 0 Å². The van der Waals surface area contributed by atoms with Crippen LogP contribution in [0.5, 0.6) is 11.5 Å². The number of aromatic nitrogens is 1. The zero-order valence-electron chi connectivity index (χ0n) is 20.3. The molecule has 0 bridgehead atoms. The van der Waals surface area contributed by atoms with Gasteiger partial charge in [0, 0.05) is 19.3 Å². The largest absolute Gasteiger partial charge is 0.508 e. The molecule has 4 rings (SSSR count). The van der Waals surface area contributed by atoms with Gasteiger partial charge in [-0.05, 0) is 87.1 Å². The van der Waals surface area contributed by atoms with E-state index in [9.17, 15) is 13.5 Å². The topological polar surface area (TPSA) is 110 Å². The van der Waals surface area contributed by atoms with E-state index in [-0.39, 0.29) is 22.4 Å². The molecule has 188 valence electrons. The molecule has 1 atom stereocenters. The van der Waals surface area contributed by atoms with Gasteiger partial charge in [0.25, 0.3) is 10.0 Å². The van der Waals surface area contributed by atoms with E-state index in [1.807, 2.05) is 13.0 Å². The van der Waals surface area contributed by atoms with E-state index in [0.717, 1.165) is 47.3 Å². The first-order valence-electron chi connectivity index (χ1n) is 11.5. The summed E-state index contributed by atoms with van der Waals surface area (Å²) in [5.74, 6) is 0.844. The minimum Gasteiger partial charge on any atom is -0.508 e. The quantitative estimate of drug-likeness (QED) is 0.354. The summed E-state index contributed by atoms with van der Waals surface area (Å²) in [4.78, 5) is 5.63. The van der Waals surface area contributed by atoms with Crippen LogP contribution in [-0.2, 0) is 14.8 Å². The maximum absolute atomic E-state index is 13.3. The lowest BCUT2D eigenvalue weighted by Crippen LogP contribution is -2.30. The number of phenols is 1. The average molecular weight is 518 g/mol. The molecule has 0 saturated carbocycles. The molecule has 0 aliphatic carbocycles. The third kappa shape index (κ3) is 5.71. The third-order valence-corrected chi connectivity index (χ3v) is 8.81. The summed E-state index contributed by atoms with van der Waals surface area (Å²) in [5.41, 5.74) is 2.57. The molecule has 2 aromatic carbocycles. The van der Waals surface area contributed by atoms with Crippen molar-refractivity contribution in [2.75, 3.05) is 30.4 Å². The molecule has 0 spiro atoms. The van der Waals surface area contributed by atoms with E-state index in [4.69, 9.17) is 14.5 Å². The monoisotopic (exact) mass is 517 g/mol. The number of phenolic OH excluding ortho intramolecular Hbond substituents is 1. The normalized spacial score (nSPS) is 15.5. The molecule has 3 N–H and O–H groups in total. The maximum Gasteiger partial charge on any atom is 0.265 e. The van der Waals surface area contributed by atoms with Gasteiger partial charge < -0.3 is 19.9 Å². The standard InChI is InChI=1S/C25H31N3O5S2/c1-15-13-20(29)6-7-21(15)28-35(30,31)23-14-19(5-8-22(23)32-4)24-17(3)27-25(34-24)26-16(2)18-9-11-33-12-10-18/h5-8,13-14,16,18,28-29H,9-12H2,1-4H3,(H,26,27). The van der Waals surface area contributed by atoms with Gasteiger partial charge in [-0.1, -0.05) is 11.3 Å². The van der Waals surface area contributed by atoms with Crippen molar-refractivity contribution in [2.45, 2.75) is 44.6 Å². The minimum absolute atomic E-state index is 0.0304. The summed E-state index contributed by atoms with van der Waals surface area (Å²) in [6, 6.07) is 9.85. The molecule has 1 aromatic heterocycles. The van der Waals surface area contributed by atoms with E-state index in [2.05, 4.69) is 17.0 Å². The summed E-state index contributed by atoms with van der Waals surface area (Å²) >= 11 is 1.51. The molecule has 10 heteroatoms. The highest BCUT2D eigenvalue weighted by Crippen LogP contribution is 2.38. The number of aromatic hydroxyl groups is 1. The Morgan fingerprint density at radius 1 is 1.17 bits per heavy atom. The van der Waals surface area contributed by atoms with Gasteiger partial charge in [-0.15, -0.1) is 0 Å². The Labute approximate surface area is 210 Å². The predicted octanol–water partition coefficient (Wildman–Crippen LogP) is 5.17. The fraction of sp³-hybridized carbons (Fsp3) is 0.400. The van der Waals surface area contributed by atoms with Crippen molar-refractivity contribution in [2.24, 2.45) is 5.92 Å². The van der Waals surface area contributed by atoms with Crippen molar-refractivity contribution in [3.05, 3.63) is 47.7 Å². The van der Waals surface area contributed by atoms with Crippen molar-refractivity contribution in [3.8, 4) is 21.9 Å². The molecule has 2 heterocycles. The van der Waals surface area contributed by atoms with E-state index in [1.54, 1.807) is 19.1 Å². The molecule has 0 amide bonds. The van der Waals surface area contributed by atoms with Crippen LogP contribution in [0.1, 0.15) is 31.0 Å². The van der Waals surface area contributed by atoms with Gasteiger partial charge in [-0.25, -0.2) is 13.4 Å². The van der Waals surface area contributed by atoms with Crippen LogP contribution in [0.15, 0.2) is 41.3 Å². The zero-order chi connectivity index (χ0) is 25.2. The Morgan fingerprint density at radius 2 is 1.91 bits per heavy atom. The molecule has 1 aliphatic heterocycles. The number of sulfonamides is 1. The Hall–Kier alpha value is -2.82. The van der Waals surface area contributed by atoms with E-state index in [0.29, 0.717) is 17.2 Å². The van der Waals surface area contributed by atoms with Crippen LogP contribution >= 0.6 is 11.3 Å². The minimum atomic E-state index is -3.96. The molecule has 3 aromatic rings. The smallest absolute Gasteiger partial charge is 0.265 e. The number of aryl methyl sites for hydroxylation is 2. The highest BCUT2D eigenvalue weighted by atomic mass is 32.2. The van der Waals surface area contributed by atoms with Crippen molar-refractivity contribution < 1.29 is 23.0 Å². The van der Waals surface area contributed by atoms with E-state index >= 15 is 0 Å². The molecular formula is C25H31N3O5S2. The molecular weight excluding hydrogens is 486 g/mol. The number of hydrogen-bond donors (Lipinski definition) is 3. The molecule has 1 fully saturated rings. The van der Waals surface area contributed by atoms with Gasteiger partial charge in [0.2, 0.25) is 0 Å². The molecule has 8 nitrogen and oxygen atoms in total. The van der Waals surface area contributed by atoms with Crippen LogP contribution < -0.4 is 14.8 Å². The summed E-state index contributed by atoms with van der Waals surface area (Å²) in [7, 11) is -2.52. The van der Waals surface area contributed by atoms with Crippen LogP contribution in [0.25, 0.3) is 10.4 Å². The molecule has 35 heavy (non-hydrogen) atoms. The number of nitrogens with zero attached hydrogens (tertiary/aromatic N) is 1. The van der Waals surface area contributed by atoms with Crippen molar-refractivity contribution in [1.82, 2.24) is 4.98 Å². The van der Waals surface area contributed by atoms with Crippen molar-refractivity contribution >= 4 is 32.2 Å². The lowest BCUT2D eigenvalue weighted by Gasteiger charge is -2.28. The summed E-state index contributed by atoms with van der Waals surface area (Å²) < 4.78 is 40.1. The first-order chi connectivity index (χ1) is 16.7. The van der Waals surface area contributed by atoms with Crippen LogP contribution in [-0.4, -0.2) is 44.9 Å². The maximum atomic E-state index is 13.3. The van der Waals surface area contributed by atoms with Crippen molar-refractivity contribution in [3.63, 3.8) is 0 Å². The van der Waals surface area contributed by atoms with Crippen LogP contribution in [0.2, 0.25) is 0 Å². The summed E-state index contributed by atoms with van der Waals surface area (Å²) in [5, 5.41) is 14.0. The number of ether oxygens (including phenoxy) is 2. The number of benzene rings is 2. The second-order valence-corrected chi connectivity index (χ2v) is 11.4. The van der Waals surface area contributed by atoms with Crippen LogP contribution in [0.3, 0.4) is 0 Å². The third-order valence-electron chi connectivity index (χ3n) is 6.29. The number of hydrogen-bond acceptors (Lipinski definition) is 8. The number of methoxy groups -OCH3 is 1. The Balaban J connectivity index is 1.62. The number of anilines is 2. The number of rotatable bonds is 8. The van der Waals surface area contributed by atoms with Crippen LogP contribution in [0, 0.1) is 19.8 Å².